The van der Waals surface area contributed by atoms with Gasteiger partial charge in [-0.2, -0.15) is 0 Å². The van der Waals surface area contributed by atoms with Crippen molar-refractivity contribution >= 4 is 37.4 Å². The predicted molar refractivity (Wildman–Crippen MR) is 129 cm³/mol. The zero-order valence-corrected chi connectivity index (χ0v) is 20.6. The van der Waals surface area contributed by atoms with E-state index in [9.17, 15) is 26.0 Å². The fraction of sp³-hybridized carbons (Fsp3) is 0.208. The molecule has 0 bridgehead atoms. The molecule has 35 heavy (non-hydrogen) atoms. The highest BCUT2D eigenvalue weighted by atomic mass is 32.2. The van der Waals surface area contributed by atoms with Gasteiger partial charge in [-0.1, -0.05) is 12.1 Å². The molecule has 1 aliphatic heterocycles. The van der Waals surface area contributed by atoms with Crippen LogP contribution in [0.5, 0.6) is 0 Å². The molecule has 0 spiro atoms. The molecule has 0 aromatic heterocycles. The van der Waals surface area contributed by atoms with E-state index in [1.165, 1.54) is 54.7 Å². The highest BCUT2D eigenvalue weighted by molar-refractivity contribution is 7.93. The van der Waals surface area contributed by atoms with Gasteiger partial charge >= 0.3 is 5.97 Å². The first-order valence-corrected chi connectivity index (χ1v) is 13.6. The smallest absolute Gasteiger partial charge is 0.338 e. The topological polar surface area (TPSA) is 110 Å². The molecule has 184 valence electrons. The zero-order chi connectivity index (χ0) is 25.4. The van der Waals surface area contributed by atoms with Crippen molar-refractivity contribution < 1.29 is 30.8 Å². The zero-order valence-electron chi connectivity index (χ0n) is 19.0. The van der Waals surface area contributed by atoms with Crippen LogP contribution >= 0.6 is 0 Å². The number of nitrogens with zero attached hydrogens (tertiary/aromatic N) is 1. The molecule has 3 aromatic rings. The van der Waals surface area contributed by atoms with Gasteiger partial charge < -0.3 is 4.74 Å². The van der Waals surface area contributed by atoms with Crippen LogP contribution in [0, 0.1) is 12.7 Å². The number of carbonyl (C=O) groups is 1. The van der Waals surface area contributed by atoms with Crippen LogP contribution in [-0.2, 0) is 31.2 Å². The number of nitrogens with one attached hydrogen (secondary N) is 1. The summed E-state index contributed by atoms with van der Waals surface area (Å²) in [6, 6.07) is 13.5. The molecule has 11 heteroatoms. The number of carbonyl (C=O) groups excluding carboxylic acids is 1. The summed E-state index contributed by atoms with van der Waals surface area (Å²) in [5.41, 5.74) is 1.60. The van der Waals surface area contributed by atoms with E-state index in [0.717, 1.165) is 17.7 Å². The minimum atomic E-state index is -4.11. The number of esters is 1. The quantitative estimate of drug-likeness (QED) is 0.496. The molecule has 8 nitrogen and oxygen atoms in total. The summed E-state index contributed by atoms with van der Waals surface area (Å²) >= 11 is 0. The summed E-state index contributed by atoms with van der Waals surface area (Å²) in [5, 5.41) is 0. The molecule has 0 fully saturated rings. The van der Waals surface area contributed by atoms with Crippen molar-refractivity contribution in [2.45, 2.75) is 29.6 Å². The third-order valence-electron chi connectivity index (χ3n) is 5.79. The maximum atomic E-state index is 13.3. The average molecular weight is 519 g/mol. The number of sulfonamides is 2. The van der Waals surface area contributed by atoms with Gasteiger partial charge in [0.1, 0.15) is 5.82 Å². The number of aryl methyl sites for hydroxylation is 1. The van der Waals surface area contributed by atoms with Crippen LogP contribution < -0.4 is 9.03 Å². The Balaban J connectivity index is 1.71. The largest absolute Gasteiger partial charge is 0.465 e. The number of hydrogen-bond acceptors (Lipinski definition) is 6. The fourth-order valence-corrected chi connectivity index (χ4v) is 6.89. The molecule has 0 saturated heterocycles. The lowest BCUT2D eigenvalue weighted by Crippen LogP contribution is -2.35. The third kappa shape index (κ3) is 4.73. The minimum absolute atomic E-state index is 0.0621. The molecule has 4 rings (SSSR count). The van der Waals surface area contributed by atoms with Crippen LogP contribution in [0.25, 0.3) is 0 Å². The van der Waals surface area contributed by atoms with E-state index in [4.69, 9.17) is 4.74 Å². The molecule has 0 radical (unpaired) electrons. The second-order valence-electron chi connectivity index (χ2n) is 8.00. The number of hydrogen-bond donors (Lipinski definition) is 1. The molecule has 0 atom stereocenters. The van der Waals surface area contributed by atoms with Crippen molar-refractivity contribution in [2.75, 3.05) is 22.7 Å². The number of benzene rings is 3. The number of anilines is 2. The number of rotatable bonds is 6. The molecule has 0 unspecified atom stereocenters. The summed E-state index contributed by atoms with van der Waals surface area (Å²) in [5.74, 6) is -1.21. The van der Waals surface area contributed by atoms with Crippen molar-refractivity contribution in [1.82, 2.24) is 0 Å². The van der Waals surface area contributed by atoms with Gasteiger partial charge in [0.15, 0.2) is 0 Å². The molecule has 0 aliphatic carbocycles. The Hall–Kier alpha value is -3.44. The Bertz CT molecular complexity index is 1500. The van der Waals surface area contributed by atoms with E-state index < -0.39 is 31.8 Å². The summed E-state index contributed by atoms with van der Waals surface area (Å²) in [7, 11) is -6.90. The van der Waals surface area contributed by atoms with Gasteiger partial charge in [0.05, 0.1) is 33.8 Å². The standard InChI is InChI=1S/C24H23FN2O6S2/c1-16-21(24(28)33-2)6-3-7-23(16)34(29,30)26-19-11-8-17-5-4-14-27(22(17)15-19)35(31,32)20-12-9-18(25)10-13-20/h3,6-13,15,26H,4-5,14H2,1-2H3. The lowest BCUT2D eigenvalue weighted by molar-refractivity contribution is 0.0599. The summed E-state index contributed by atoms with van der Waals surface area (Å²) < 4.78 is 74.6. The van der Waals surface area contributed by atoms with Crippen LogP contribution in [0.1, 0.15) is 27.9 Å². The van der Waals surface area contributed by atoms with Gasteiger partial charge in [-0.25, -0.2) is 26.0 Å². The first-order valence-electron chi connectivity index (χ1n) is 10.7. The first kappa shape index (κ1) is 24.7. The fourth-order valence-electron chi connectivity index (χ4n) is 4.03. The molecular formula is C24H23FN2O6S2. The van der Waals surface area contributed by atoms with E-state index >= 15 is 0 Å². The average Bonchev–Trinajstić information content (AvgIpc) is 2.83. The van der Waals surface area contributed by atoms with Crippen LogP contribution in [0.4, 0.5) is 15.8 Å². The molecule has 1 N–H and O–H groups in total. The molecule has 3 aromatic carbocycles. The van der Waals surface area contributed by atoms with E-state index in [2.05, 4.69) is 4.72 Å². The predicted octanol–water partition coefficient (Wildman–Crippen LogP) is 3.86. The van der Waals surface area contributed by atoms with Crippen LogP contribution in [0.2, 0.25) is 0 Å². The number of halogens is 1. The second-order valence-corrected chi connectivity index (χ2v) is 11.5. The Morgan fingerprint density at radius 2 is 1.74 bits per heavy atom. The molecule has 1 aliphatic rings. The van der Waals surface area contributed by atoms with Crippen molar-refractivity contribution in [1.29, 1.82) is 0 Å². The maximum Gasteiger partial charge on any atom is 0.338 e. The summed E-state index contributed by atoms with van der Waals surface area (Å²) in [4.78, 5) is 11.8. The van der Waals surface area contributed by atoms with Crippen molar-refractivity contribution in [3.05, 3.63) is 83.2 Å². The highest BCUT2D eigenvalue weighted by Crippen LogP contribution is 2.35. The maximum absolute atomic E-state index is 13.3. The highest BCUT2D eigenvalue weighted by Gasteiger charge is 2.30. The first-order chi connectivity index (χ1) is 16.5. The van der Waals surface area contributed by atoms with Crippen molar-refractivity contribution in [2.24, 2.45) is 0 Å². The van der Waals surface area contributed by atoms with Crippen LogP contribution in [0.3, 0.4) is 0 Å². The monoisotopic (exact) mass is 518 g/mol. The van der Waals surface area contributed by atoms with Gasteiger partial charge in [0, 0.05) is 6.54 Å². The molecule has 0 saturated carbocycles. The number of methoxy groups -OCH3 is 1. The molecular weight excluding hydrogens is 495 g/mol. The Labute approximate surface area is 203 Å². The van der Waals surface area contributed by atoms with Crippen molar-refractivity contribution in [3.63, 3.8) is 0 Å². The van der Waals surface area contributed by atoms with Gasteiger partial charge in [-0.05, 0) is 79.4 Å². The minimum Gasteiger partial charge on any atom is -0.465 e. The lowest BCUT2D eigenvalue weighted by atomic mass is 10.0. The third-order valence-corrected chi connectivity index (χ3v) is 9.15. The van der Waals surface area contributed by atoms with E-state index in [-0.39, 0.29) is 33.2 Å². The SMILES string of the molecule is COC(=O)c1cccc(S(=O)(=O)Nc2ccc3c(c2)N(S(=O)(=O)c2ccc(F)cc2)CCC3)c1C. The van der Waals surface area contributed by atoms with Crippen LogP contribution in [-0.4, -0.2) is 36.5 Å². The lowest BCUT2D eigenvalue weighted by Gasteiger charge is -2.31. The molecule has 0 amide bonds. The van der Waals surface area contributed by atoms with Crippen molar-refractivity contribution in [3.8, 4) is 0 Å². The Kier molecular flexibility index (Phi) is 6.56. The van der Waals surface area contributed by atoms with Crippen LogP contribution in [0.15, 0.2) is 70.5 Å². The number of ether oxygens (including phenoxy) is 1. The van der Waals surface area contributed by atoms with E-state index in [1.54, 1.807) is 12.1 Å². The van der Waals surface area contributed by atoms with E-state index in [0.29, 0.717) is 18.5 Å². The Morgan fingerprint density at radius 1 is 1.03 bits per heavy atom. The summed E-state index contributed by atoms with van der Waals surface area (Å²) in [6.45, 7) is 1.70. The molecule has 1 heterocycles. The van der Waals surface area contributed by atoms with Gasteiger partial charge in [-0.15, -0.1) is 0 Å². The summed E-state index contributed by atoms with van der Waals surface area (Å²) in [6.07, 6.45) is 1.20. The normalized spacial score (nSPS) is 13.7. The van der Waals surface area contributed by atoms with Gasteiger partial charge in [0.2, 0.25) is 0 Å². The van der Waals surface area contributed by atoms with Gasteiger partial charge in [-0.3, -0.25) is 9.03 Å². The van der Waals surface area contributed by atoms with Gasteiger partial charge in [0.25, 0.3) is 20.0 Å². The van der Waals surface area contributed by atoms with E-state index in [1.807, 2.05) is 0 Å². The Morgan fingerprint density at radius 3 is 2.43 bits per heavy atom. The second kappa shape index (κ2) is 9.31. The number of fused-ring (bicyclic) bond motifs is 1.